The zero-order valence-corrected chi connectivity index (χ0v) is 11.6. The monoisotopic (exact) mass is 286 g/mol. The van der Waals surface area contributed by atoms with Crippen molar-refractivity contribution < 1.29 is 4.79 Å². The number of H-pyrrole nitrogens is 1. The number of carbonyl (C=O) groups excluding carboxylic acids is 1. The smallest absolute Gasteiger partial charge is 0.220 e. The molecule has 110 valence electrons. The van der Waals surface area contributed by atoms with Crippen molar-refractivity contribution in [2.75, 3.05) is 0 Å². The minimum atomic E-state index is -0.278. The average molecular weight is 286 g/mol. The number of carbonyl (C=O) groups is 1. The molecule has 3 rings (SSSR count). The van der Waals surface area contributed by atoms with Gasteiger partial charge in [0.2, 0.25) is 5.91 Å². The summed E-state index contributed by atoms with van der Waals surface area (Å²) in [5.41, 5.74) is 14.5. The molecule has 4 N–H and O–H groups in total. The molecule has 7 nitrogen and oxygen atoms in total. The van der Waals surface area contributed by atoms with E-state index in [9.17, 15) is 4.79 Å². The summed E-state index contributed by atoms with van der Waals surface area (Å²) in [5.74, 6) is -0.0284. The van der Waals surface area contributed by atoms with Crippen LogP contribution in [0.25, 0.3) is 11.0 Å². The number of nitrogens with one attached hydrogen (secondary N) is 2. The highest BCUT2D eigenvalue weighted by Crippen LogP contribution is 2.39. The van der Waals surface area contributed by atoms with E-state index in [1.54, 1.807) is 0 Å². The minimum Gasteiger partial charge on any atom is -0.369 e. The normalized spacial score (nSPS) is 23.8. The third-order valence-corrected chi connectivity index (χ3v) is 4.42. The molecule has 0 aromatic carbocycles. The van der Waals surface area contributed by atoms with Crippen LogP contribution < -0.4 is 5.73 Å². The van der Waals surface area contributed by atoms with Crippen molar-refractivity contribution in [3.05, 3.63) is 24.3 Å². The fourth-order valence-corrected chi connectivity index (χ4v) is 3.24. The van der Waals surface area contributed by atoms with Crippen LogP contribution in [0.15, 0.2) is 23.7 Å². The summed E-state index contributed by atoms with van der Waals surface area (Å²) in [6.45, 7) is 0. The summed E-state index contributed by atoms with van der Waals surface area (Å²) >= 11 is 0. The van der Waals surface area contributed by atoms with Gasteiger partial charge in [0.15, 0.2) is 0 Å². The number of nitrogens with zero attached hydrogens (tertiary/aromatic N) is 3. The van der Waals surface area contributed by atoms with Gasteiger partial charge >= 0.3 is 0 Å². The number of primary amides is 1. The van der Waals surface area contributed by atoms with Crippen molar-refractivity contribution in [1.82, 2.24) is 15.0 Å². The molecule has 7 heteroatoms. The van der Waals surface area contributed by atoms with Crippen molar-refractivity contribution in [2.24, 2.45) is 22.7 Å². The zero-order valence-electron chi connectivity index (χ0n) is 11.6. The van der Waals surface area contributed by atoms with E-state index in [0.717, 1.165) is 42.4 Å². The first-order valence-electron chi connectivity index (χ1n) is 7.14. The van der Waals surface area contributed by atoms with Gasteiger partial charge in [-0.05, 0) is 37.7 Å². The van der Waals surface area contributed by atoms with E-state index in [0.29, 0.717) is 0 Å². The van der Waals surface area contributed by atoms with E-state index in [1.807, 2.05) is 12.3 Å². The summed E-state index contributed by atoms with van der Waals surface area (Å²) in [4.78, 5) is 22.8. The quantitative estimate of drug-likeness (QED) is 0.747. The molecule has 0 radical (unpaired) electrons. The maximum Gasteiger partial charge on any atom is 0.220 e. The summed E-state index contributed by atoms with van der Waals surface area (Å²) in [6, 6.07) is 1.64. The fourth-order valence-electron chi connectivity index (χ4n) is 3.24. The van der Waals surface area contributed by atoms with Crippen LogP contribution in [0.2, 0.25) is 0 Å². The number of aromatic nitrogens is 3. The predicted molar refractivity (Wildman–Crippen MR) is 76.4 cm³/mol. The van der Waals surface area contributed by atoms with Crippen LogP contribution in [-0.4, -0.2) is 20.9 Å². The topological polar surface area (TPSA) is 121 Å². The first-order chi connectivity index (χ1) is 10.2. The van der Waals surface area contributed by atoms with Gasteiger partial charge in [0.1, 0.15) is 18.0 Å². The van der Waals surface area contributed by atoms with Crippen LogP contribution in [-0.2, 0) is 4.79 Å². The van der Waals surface area contributed by atoms with Crippen molar-refractivity contribution in [2.45, 2.75) is 31.7 Å². The lowest BCUT2D eigenvalue weighted by Crippen LogP contribution is -2.29. The molecule has 1 amide bonds. The fraction of sp³-hybridized carbons (Fsp3) is 0.500. The van der Waals surface area contributed by atoms with Gasteiger partial charge < -0.3 is 10.7 Å². The van der Waals surface area contributed by atoms with Gasteiger partial charge in [-0.25, -0.2) is 15.5 Å². The number of fused-ring (bicyclic) bond motifs is 1. The molecule has 1 atom stereocenters. The molecule has 2 aromatic heterocycles. The van der Waals surface area contributed by atoms with Crippen LogP contribution in [0.3, 0.4) is 0 Å². The Labute approximate surface area is 121 Å². The molecule has 0 saturated heterocycles. The number of hydrogen-bond donors (Lipinski definition) is 3. The average Bonchev–Trinajstić information content (AvgIpc) is 2.98. The van der Waals surface area contributed by atoms with Crippen molar-refractivity contribution in [1.29, 1.82) is 5.53 Å². The van der Waals surface area contributed by atoms with E-state index < -0.39 is 0 Å². The molecule has 1 fully saturated rings. The Morgan fingerprint density at radius 3 is 2.81 bits per heavy atom. The van der Waals surface area contributed by atoms with Gasteiger partial charge in [-0.15, -0.1) is 0 Å². The summed E-state index contributed by atoms with van der Waals surface area (Å²) in [6.07, 6.45) is 6.54. The number of rotatable bonds is 4. The van der Waals surface area contributed by atoms with Crippen LogP contribution in [0.4, 0.5) is 0 Å². The molecular formula is C14H18N6O. The van der Waals surface area contributed by atoms with Crippen LogP contribution >= 0.6 is 0 Å². The maximum absolute atomic E-state index is 11.2. The Hall–Kier alpha value is -2.31. The Morgan fingerprint density at radius 2 is 2.14 bits per heavy atom. The Kier molecular flexibility index (Phi) is 3.64. The Balaban J connectivity index is 1.84. The molecule has 21 heavy (non-hydrogen) atoms. The third-order valence-electron chi connectivity index (χ3n) is 4.42. The third kappa shape index (κ3) is 2.51. The highest BCUT2D eigenvalue weighted by atomic mass is 16.1. The van der Waals surface area contributed by atoms with Crippen LogP contribution in [0.5, 0.6) is 0 Å². The maximum atomic E-state index is 11.2. The van der Waals surface area contributed by atoms with Gasteiger partial charge in [0.25, 0.3) is 0 Å². The number of nitrogens with two attached hydrogens (primary N) is 1. The first-order valence-corrected chi connectivity index (χ1v) is 7.14. The van der Waals surface area contributed by atoms with E-state index in [-0.39, 0.29) is 23.8 Å². The van der Waals surface area contributed by atoms with Crippen molar-refractivity contribution in [3.63, 3.8) is 0 Å². The Morgan fingerprint density at radius 1 is 1.38 bits per heavy atom. The second-order valence-electron chi connectivity index (χ2n) is 5.59. The molecule has 1 unspecified atom stereocenters. The summed E-state index contributed by atoms with van der Waals surface area (Å²) in [5, 5.41) is 4.72. The van der Waals surface area contributed by atoms with Crippen LogP contribution in [0.1, 0.15) is 37.4 Å². The lowest BCUT2D eigenvalue weighted by molar-refractivity contribution is -0.123. The zero-order chi connectivity index (χ0) is 14.8. The van der Waals surface area contributed by atoms with E-state index >= 15 is 0 Å². The van der Waals surface area contributed by atoms with E-state index in [1.165, 1.54) is 6.33 Å². The SMILES string of the molecule is N=NC(c1ncnc2[nH]ccc12)C1CCC(C(N)=O)CC1. The molecule has 1 aliphatic carbocycles. The van der Waals surface area contributed by atoms with E-state index in [4.69, 9.17) is 11.3 Å². The number of hydrogen-bond acceptors (Lipinski definition) is 5. The van der Waals surface area contributed by atoms with Crippen molar-refractivity contribution >= 4 is 16.9 Å². The lowest BCUT2D eigenvalue weighted by atomic mass is 9.77. The second-order valence-corrected chi connectivity index (χ2v) is 5.59. The summed E-state index contributed by atoms with van der Waals surface area (Å²) < 4.78 is 0. The number of aromatic amines is 1. The van der Waals surface area contributed by atoms with Gasteiger partial charge in [-0.3, -0.25) is 4.79 Å². The molecule has 1 aliphatic rings. The van der Waals surface area contributed by atoms with Gasteiger partial charge in [-0.1, -0.05) is 0 Å². The first kappa shape index (κ1) is 13.7. The van der Waals surface area contributed by atoms with Crippen molar-refractivity contribution in [3.8, 4) is 0 Å². The van der Waals surface area contributed by atoms with Gasteiger partial charge in [-0.2, -0.15) is 5.11 Å². The largest absolute Gasteiger partial charge is 0.369 e. The molecule has 0 bridgehead atoms. The second kappa shape index (κ2) is 5.59. The number of amides is 1. The molecular weight excluding hydrogens is 268 g/mol. The molecule has 0 aliphatic heterocycles. The predicted octanol–water partition coefficient (Wildman–Crippen LogP) is 2.32. The molecule has 2 heterocycles. The molecule has 0 spiro atoms. The Bertz CT molecular complexity index is 658. The molecule has 1 saturated carbocycles. The highest BCUT2D eigenvalue weighted by Gasteiger charge is 2.32. The van der Waals surface area contributed by atoms with Crippen LogP contribution in [0, 0.1) is 17.4 Å². The highest BCUT2D eigenvalue weighted by molar-refractivity contribution is 5.78. The van der Waals surface area contributed by atoms with Gasteiger partial charge in [0, 0.05) is 17.5 Å². The minimum absolute atomic E-state index is 0.0367. The van der Waals surface area contributed by atoms with Gasteiger partial charge in [0.05, 0.1) is 5.69 Å². The lowest BCUT2D eigenvalue weighted by Gasteiger charge is -2.29. The molecule has 2 aromatic rings. The summed E-state index contributed by atoms with van der Waals surface area (Å²) in [7, 11) is 0. The van der Waals surface area contributed by atoms with E-state index in [2.05, 4.69) is 20.1 Å². The standard InChI is InChI=1S/C14H18N6O/c15-13(21)9-3-1-8(2-4-9)11(20-16)12-10-5-6-17-14(10)19-7-18-12/h5-9,11,16H,1-4H2,(H2,15,21)(H,17,18,19).